The summed E-state index contributed by atoms with van der Waals surface area (Å²) in [5, 5.41) is 0. The van der Waals surface area contributed by atoms with Crippen LogP contribution in [0.1, 0.15) is 0 Å². The van der Waals surface area contributed by atoms with Crippen molar-refractivity contribution < 1.29 is 163 Å². The van der Waals surface area contributed by atoms with Crippen molar-refractivity contribution in [2.24, 2.45) is 0 Å². The van der Waals surface area contributed by atoms with Crippen LogP contribution in [0.15, 0.2) is 0 Å². The molecule has 0 saturated heterocycles. The average molecular weight is 398 g/mol. The summed E-state index contributed by atoms with van der Waals surface area (Å²) >= 11 is 0. The zero-order chi connectivity index (χ0) is 9.00. The van der Waals surface area contributed by atoms with Crippen LogP contribution < -0.4 is 118 Å². The first kappa shape index (κ1) is 36.2. The monoisotopic (exact) mass is 398 g/mol. The van der Waals surface area contributed by atoms with E-state index in [-0.39, 0.29) is 124 Å². The Morgan fingerprint density at radius 2 is 0.571 bits per heavy atom. The van der Waals surface area contributed by atoms with Crippen molar-refractivity contribution in [3.05, 3.63) is 0 Å². The first-order valence-electron chi connectivity index (χ1n) is 1.46. The van der Waals surface area contributed by atoms with Crippen molar-refractivity contribution >= 4 is 15.6 Å². The summed E-state index contributed by atoms with van der Waals surface area (Å²) in [5.41, 5.74) is 0. The summed E-state index contributed by atoms with van der Waals surface area (Å²) < 4.78 is 17.1. The first-order valence-corrected chi connectivity index (χ1v) is 4.38. The molecule has 8 nitrogen and oxygen atoms in total. The van der Waals surface area contributed by atoms with Gasteiger partial charge in [0.2, 0.25) is 0 Å². The van der Waals surface area contributed by atoms with Crippen LogP contribution in [0, 0.1) is 35.6 Å². The summed E-state index contributed by atoms with van der Waals surface area (Å²) in [4.78, 5) is 51.3. The largest absolute Gasteiger partial charge is 3.00 e. The zero-order valence-corrected chi connectivity index (χ0v) is 19.2. The van der Waals surface area contributed by atoms with E-state index >= 15 is 0 Å². The molecule has 0 fully saturated rings. The van der Waals surface area contributed by atoms with Gasteiger partial charge < -0.3 is 38.5 Å². The predicted molar refractivity (Wildman–Crippen MR) is 15.2 cm³/mol. The molecule has 0 N–H and O–H groups in total. The Kier molecular flexibility index (Phi) is 45.1. The van der Waals surface area contributed by atoms with Gasteiger partial charge in [0.1, 0.15) is 0 Å². The average Bonchev–Trinajstić information content (AvgIpc) is 1.12. The minimum atomic E-state index is -5.39. The van der Waals surface area contributed by atoms with Gasteiger partial charge >= 0.3 is 124 Å². The SMILES string of the molecule is O=P([O-])([O-])[O-].O=P([O-])([O-])[O-].[La+3].[Na+].[Na+].[Na+]. The summed E-state index contributed by atoms with van der Waals surface area (Å²) in [6, 6.07) is 0. The molecule has 0 bridgehead atoms. The molecule has 0 heterocycles. The van der Waals surface area contributed by atoms with Crippen LogP contribution in [0.2, 0.25) is 0 Å². The van der Waals surface area contributed by atoms with Crippen LogP contribution in [0.25, 0.3) is 0 Å². The minimum absolute atomic E-state index is 0. The topological polar surface area (TPSA) is 172 Å². The normalized spacial score (nSPS) is 8.43. The third-order valence-corrected chi connectivity index (χ3v) is 0. The zero-order valence-electron chi connectivity index (χ0n) is 7.74. The Hall–Kier alpha value is 4.41. The molecule has 0 aliphatic heterocycles. The van der Waals surface area contributed by atoms with Crippen molar-refractivity contribution in [1.82, 2.24) is 0 Å². The van der Waals surface area contributed by atoms with Gasteiger partial charge in [0.05, 0.1) is 0 Å². The molecule has 0 aliphatic rings. The third kappa shape index (κ3) is 200. The second-order valence-corrected chi connectivity index (χ2v) is 2.68. The quantitative estimate of drug-likeness (QED) is 0.286. The van der Waals surface area contributed by atoms with E-state index in [1.807, 2.05) is 0 Å². The van der Waals surface area contributed by atoms with Crippen LogP contribution in [0.5, 0.6) is 0 Å². The van der Waals surface area contributed by atoms with Crippen LogP contribution >= 0.6 is 15.6 Å². The van der Waals surface area contributed by atoms with E-state index in [4.69, 9.17) is 38.5 Å². The molecular formula is LaNa3O8P2. The van der Waals surface area contributed by atoms with E-state index in [0.717, 1.165) is 0 Å². The first-order chi connectivity index (χ1) is 4.00. The van der Waals surface area contributed by atoms with Gasteiger partial charge in [0, 0.05) is 0 Å². The Labute approximate surface area is 175 Å². The molecule has 0 aromatic rings. The number of hydrogen-bond donors (Lipinski definition) is 0. The fourth-order valence-corrected chi connectivity index (χ4v) is 0. The summed E-state index contributed by atoms with van der Waals surface area (Å²) in [7, 11) is -10.8. The second kappa shape index (κ2) is 17.4. The van der Waals surface area contributed by atoms with Gasteiger partial charge in [-0.3, -0.25) is 0 Å². The molecule has 0 aromatic carbocycles. The maximum absolute atomic E-state index is 8.55. The second-order valence-electron chi connectivity index (χ2n) is 0.894. The van der Waals surface area contributed by atoms with Crippen LogP contribution in [-0.4, -0.2) is 0 Å². The van der Waals surface area contributed by atoms with Crippen molar-refractivity contribution in [2.75, 3.05) is 0 Å². The van der Waals surface area contributed by atoms with Gasteiger partial charge in [-0.15, -0.1) is 0 Å². The fourth-order valence-electron chi connectivity index (χ4n) is 0. The summed E-state index contributed by atoms with van der Waals surface area (Å²) in [6.07, 6.45) is 0. The molecule has 0 atom stereocenters. The number of hydrogen-bond acceptors (Lipinski definition) is 8. The molecule has 14 heteroatoms. The Bertz CT molecular complexity index is 135. The molecule has 0 saturated carbocycles. The van der Waals surface area contributed by atoms with E-state index in [2.05, 4.69) is 0 Å². The Balaban J connectivity index is -0.0000000178. The predicted octanol–water partition coefficient (Wildman–Crippen LogP) is -14.6. The van der Waals surface area contributed by atoms with E-state index in [0.29, 0.717) is 0 Å². The molecule has 0 spiro atoms. The van der Waals surface area contributed by atoms with Crippen LogP contribution in [-0.2, 0) is 9.13 Å². The Morgan fingerprint density at radius 3 is 0.571 bits per heavy atom. The van der Waals surface area contributed by atoms with Crippen LogP contribution in [0.3, 0.4) is 0 Å². The molecular weight excluding hydrogens is 398 g/mol. The Morgan fingerprint density at radius 1 is 0.571 bits per heavy atom. The van der Waals surface area contributed by atoms with E-state index in [1.54, 1.807) is 0 Å². The molecule has 0 radical (unpaired) electrons. The number of phosphoric acid groups is 2. The molecule has 64 valence electrons. The van der Waals surface area contributed by atoms with Gasteiger partial charge in [-0.25, -0.2) is 0 Å². The van der Waals surface area contributed by atoms with Gasteiger partial charge in [0.15, 0.2) is 0 Å². The molecule has 0 aromatic heterocycles. The van der Waals surface area contributed by atoms with Gasteiger partial charge in [0.25, 0.3) is 0 Å². The molecule has 14 heavy (non-hydrogen) atoms. The van der Waals surface area contributed by atoms with Gasteiger partial charge in [-0.2, -0.15) is 15.6 Å². The van der Waals surface area contributed by atoms with Gasteiger partial charge in [-0.05, 0) is 0 Å². The fraction of sp³-hybridized carbons (Fsp3) is 0. The van der Waals surface area contributed by atoms with E-state index in [1.165, 1.54) is 0 Å². The molecule has 0 unspecified atom stereocenters. The molecule has 0 rings (SSSR count). The maximum Gasteiger partial charge on any atom is 3.00 e. The van der Waals surface area contributed by atoms with Crippen molar-refractivity contribution in [3.8, 4) is 0 Å². The maximum atomic E-state index is 8.55. The van der Waals surface area contributed by atoms with Gasteiger partial charge in [-0.1, -0.05) is 0 Å². The molecule has 0 aliphatic carbocycles. The third-order valence-electron chi connectivity index (χ3n) is 0. The number of rotatable bonds is 0. The van der Waals surface area contributed by atoms with Crippen molar-refractivity contribution in [1.29, 1.82) is 0 Å². The van der Waals surface area contributed by atoms with E-state index < -0.39 is 15.6 Å². The summed E-state index contributed by atoms with van der Waals surface area (Å²) in [5.74, 6) is 0. The van der Waals surface area contributed by atoms with Crippen molar-refractivity contribution in [3.63, 3.8) is 0 Å². The molecule has 0 amide bonds. The van der Waals surface area contributed by atoms with Crippen LogP contribution in [0.4, 0.5) is 0 Å². The smallest absolute Gasteiger partial charge is 0.822 e. The van der Waals surface area contributed by atoms with Crippen molar-refractivity contribution in [2.45, 2.75) is 0 Å². The standard InChI is InChI=1S/La.3Na.2H3O4P/c;;;;2*1-5(2,3)4/h;;;;2*(H3,1,2,3,4)/q+3;3*+1;;/p-6. The minimum Gasteiger partial charge on any atom is -0.822 e. The summed E-state index contributed by atoms with van der Waals surface area (Å²) in [6.45, 7) is 0. The van der Waals surface area contributed by atoms with E-state index in [9.17, 15) is 0 Å².